The molecule has 0 fully saturated rings. The number of para-hydroxylation sites is 1. The number of benzene rings is 3. The summed E-state index contributed by atoms with van der Waals surface area (Å²) in [5, 5.41) is 6.68. The molecule has 0 bridgehead atoms. The van der Waals surface area contributed by atoms with Crippen molar-refractivity contribution in [1.29, 1.82) is 0 Å². The lowest BCUT2D eigenvalue weighted by Gasteiger charge is -2.14. The quantitative estimate of drug-likeness (QED) is 0.605. The first-order valence-corrected chi connectivity index (χ1v) is 8.48. The molecule has 3 aromatic rings. The Hall–Kier alpha value is -2.72. The average molecular weight is 350 g/mol. The molecule has 126 valence electrons. The highest BCUT2D eigenvalue weighted by atomic mass is 32.1. The van der Waals surface area contributed by atoms with E-state index >= 15 is 0 Å². The molecule has 4 heteroatoms. The summed E-state index contributed by atoms with van der Waals surface area (Å²) in [5.74, 6) is -0.253. The predicted octanol–water partition coefficient (Wildman–Crippen LogP) is 5.53. The maximum atomic E-state index is 13.7. The summed E-state index contributed by atoms with van der Waals surface area (Å²) in [5.41, 5.74) is 4.55. The lowest BCUT2D eigenvalue weighted by molar-refractivity contribution is 0.619. The summed E-state index contributed by atoms with van der Waals surface area (Å²) in [6, 6.07) is 23.3. The molecule has 0 heterocycles. The van der Waals surface area contributed by atoms with Gasteiger partial charge in [-0.25, -0.2) is 4.39 Å². The summed E-state index contributed by atoms with van der Waals surface area (Å²) >= 11 is 5.37. The maximum absolute atomic E-state index is 13.7. The van der Waals surface area contributed by atoms with Crippen LogP contribution in [0.4, 0.5) is 15.8 Å². The second kappa shape index (κ2) is 7.90. The van der Waals surface area contributed by atoms with Gasteiger partial charge in [-0.3, -0.25) is 0 Å². The Morgan fingerprint density at radius 3 is 2.40 bits per heavy atom. The van der Waals surface area contributed by atoms with Gasteiger partial charge in [0, 0.05) is 11.4 Å². The van der Waals surface area contributed by atoms with Crippen molar-refractivity contribution in [1.82, 2.24) is 0 Å². The number of anilines is 2. The number of halogens is 1. The molecule has 0 aliphatic heterocycles. The second-order valence-corrected chi connectivity index (χ2v) is 6.27. The van der Waals surface area contributed by atoms with Gasteiger partial charge in [0.25, 0.3) is 0 Å². The van der Waals surface area contributed by atoms with E-state index in [0.717, 1.165) is 17.7 Å². The molecule has 0 aromatic heterocycles. The summed E-state index contributed by atoms with van der Waals surface area (Å²) in [7, 11) is 0. The Bertz CT molecular complexity index is 878. The van der Waals surface area contributed by atoms with Crippen molar-refractivity contribution in [2.24, 2.45) is 0 Å². The molecule has 2 N–H and O–H groups in total. The van der Waals surface area contributed by atoms with Crippen LogP contribution in [0.2, 0.25) is 0 Å². The monoisotopic (exact) mass is 350 g/mol. The molecule has 0 amide bonds. The third kappa shape index (κ3) is 4.64. The van der Waals surface area contributed by atoms with Crippen molar-refractivity contribution in [3.8, 4) is 0 Å². The number of thiocarbonyl (C=S) groups is 1. The molecule has 0 aliphatic rings. The van der Waals surface area contributed by atoms with Crippen LogP contribution >= 0.6 is 12.2 Å². The van der Waals surface area contributed by atoms with Crippen molar-refractivity contribution in [2.75, 3.05) is 10.6 Å². The van der Waals surface area contributed by atoms with E-state index < -0.39 is 0 Å². The fourth-order valence-electron chi connectivity index (χ4n) is 2.57. The van der Waals surface area contributed by atoms with Crippen molar-refractivity contribution < 1.29 is 4.39 Å². The van der Waals surface area contributed by atoms with Gasteiger partial charge in [-0.05, 0) is 60.5 Å². The Morgan fingerprint density at radius 2 is 1.64 bits per heavy atom. The molecule has 0 saturated carbocycles. The molecule has 0 unspecified atom stereocenters. The van der Waals surface area contributed by atoms with Crippen LogP contribution in [-0.4, -0.2) is 5.11 Å². The van der Waals surface area contributed by atoms with Crippen LogP contribution in [0, 0.1) is 12.7 Å². The third-order valence-electron chi connectivity index (χ3n) is 3.93. The van der Waals surface area contributed by atoms with Crippen molar-refractivity contribution >= 4 is 28.7 Å². The van der Waals surface area contributed by atoms with E-state index in [2.05, 4.69) is 28.8 Å². The lowest BCUT2D eigenvalue weighted by atomic mass is 10.0. The maximum Gasteiger partial charge on any atom is 0.175 e. The van der Waals surface area contributed by atoms with Crippen LogP contribution in [0.3, 0.4) is 0 Å². The van der Waals surface area contributed by atoms with E-state index in [1.54, 1.807) is 13.0 Å². The van der Waals surface area contributed by atoms with Gasteiger partial charge in [-0.2, -0.15) is 0 Å². The first kappa shape index (κ1) is 17.1. The molecular weight excluding hydrogens is 331 g/mol. The van der Waals surface area contributed by atoms with Crippen LogP contribution in [0.1, 0.15) is 16.7 Å². The normalized spacial score (nSPS) is 10.3. The van der Waals surface area contributed by atoms with E-state index in [9.17, 15) is 4.39 Å². The van der Waals surface area contributed by atoms with Crippen molar-refractivity contribution in [3.05, 3.63) is 95.3 Å². The zero-order valence-corrected chi connectivity index (χ0v) is 14.7. The molecule has 0 atom stereocenters. The van der Waals surface area contributed by atoms with Gasteiger partial charge in [-0.15, -0.1) is 0 Å². The minimum Gasteiger partial charge on any atom is -0.332 e. The Labute approximate surface area is 152 Å². The lowest BCUT2D eigenvalue weighted by Crippen LogP contribution is -2.20. The van der Waals surface area contributed by atoms with Gasteiger partial charge in [0.1, 0.15) is 5.82 Å². The van der Waals surface area contributed by atoms with E-state index in [-0.39, 0.29) is 5.82 Å². The molecule has 25 heavy (non-hydrogen) atoms. The van der Waals surface area contributed by atoms with Gasteiger partial charge in [0.15, 0.2) is 5.11 Å². The third-order valence-corrected chi connectivity index (χ3v) is 4.14. The zero-order chi connectivity index (χ0) is 17.6. The van der Waals surface area contributed by atoms with Gasteiger partial charge in [0.2, 0.25) is 0 Å². The summed E-state index contributed by atoms with van der Waals surface area (Å²) in [6.45, 7) is 1.73. The van der Waals surface area contributed by atoms with Gasteiger partial charge in [0.05, 0.1) is 0 Å². The van der Waals surface area contributed by atoms with Crippen molar-refractivity contribution in [2.45, 2.75) is 13.3 Å². The Kier molecular flexibility index (Phi) is 5.41. The highest BCUT2D eigenvalue weighted by Gasteiger charge is 2.06. The number of hydrogen-bond acceptors (Lipinski definition) is 1. The van der Waals surface area contributed by atoms with E-state index in [1.165, 1.54) is 11.6 Å². The topological polar surface area (TPSA) is 24.1 Å². The molecule has 0 radical (unpaired) electrons. The molecule has 3 aromatic carbocycles. The fourth-order valence-corrected chi connectivity index (χ4v) is 2.80. The van der Waals surface area contributed by atoms with Gasteiger partial charge in [-0.1, -0.05) is 54.6 Å². The van der Waals surface area contributed by atoms with E-state index in [0.29, 0.717) is 16.4 Å². The highest BCUT2D eigenvalue weighted by Crippen LogP contribution is 2.20. The van der Waals surface area contributed by atoms with Crippen LogP contribution in [0.5, 0.6) is 0 Å². The fraction of sp³-hybridized carbons (Fsp3) is 0.0952. The molecule has 0 aliphatic carbocycles. The molecule has 3 rings (SSSR count). The summed E-state index contributed by atoms with van der Waals surface area (Å²) < 4.78 is 13.7. The first-order valence-electron chi connectivity index (χ1n) is 8.08. The van der Waals surface area contributed by atoms with Crippen LogP contribution in [0.25, 0.3) is 0 Å². The van der Waals surface area contributed by atoms with Crippen LogP contribution in [-0.2, 0) is 6.42 Å². The van der Waals surface area contributed by atoms with Crippen LogP contribution in [0.15, 0.2) is 72.8 Å². The smallest absolute Gasteiger partial charge is 0.175 e. The predicted molar refractivity (Wildman–Crippen MR) is 107 cm³/mol. The summed E-state index contributed by atoms with van der Waals surface area (Å²) in [4.78, 5) is 0. The number of hydrogen-bond donors (Lipinski definition) is 2. The van der Waals surface area contributed by atoms with Crippen LogP contribution < -0.4 is 10.6 Å². The van der Waals surface area contributed by atoms with E-state index in [4.69, 9.17) is 12.2 Å². The number of nitrogens with one attached hydrogen (secondary N) is 2. The molecule has 2 nitrogen and oxygen atoms in total. The zero-order valence-electron chi connectivity index (χ0n) is 13.9. The largest absolute Gasteiger partial charge is 0.332 e. The van der Waals surface area contributed by atoms with Gasteiger partial charge >= 0.3 is 0 Å². The summed E-state index contributed by atoms with van der Waals surface area (Å²) in [6.07, 6.45) is 0.811. The Morgan fingerprint density at radius 1 is 0.920 bits per heavy atom. The average Bonchev–Trinajstić information content (AvgIpc) is 2.61. The molecule has 0 saturated heterocycles. The second-order valence-electron chi connectivity index (χ2n) is 5.86. The number of aryl methyl sites for hydroxylation is 1. The minimum absolute atomic E-state index is 0.253. The standard InChI is InChI=1S/C21H19FN2S/c1-15-11-12-18(14-19(15)22)23-21(25)24-20-10-6-5-9-17(20)13-16-7-3-2-4-8-16/h2-12,14H,13H2,1H3,(H2,23,24,25). The highest BCUT2D eigenvalue weighted by molar-refractivity contribution is 7.80. The minimum atomic E-state index is -0.253. The van der Waals surface area contributed by atoms with Crippen molar-refractivity contribution in [3.63, 3.8) is 0 Å². The van der Waals surface area contributed by atoms with Gasteiger partial charge < -0.3 is 10.6 Å². The number of rotatable bonds is 4. The van der Waals surface area contributed by atoms with E-state index in [1.807, 2.05) is 42.5 Å². The first-order chi connectivity index (χ1) is 12.1. The Balaban J connectivity index is 1.72. The molecule has 0 spiro atoms. The SMILES string of the molecule is Cc1ccc(NC(=S)Nc2ccccc2Cc2ccccc2)cc1F. The molecular formula is C21H19FN2S.